The van der Waals surface area contributed by atoms with E-state index in [1.165, 1.54) is 0 Å². The minimum Gasteiger partial charge on any atom is -0.297 e. The van der Waals surface area contributed by atoms with Crippen molar-refractivity contribution in [2.75, 3.05) is 0 Å². The van der Waals surface area contributed by atoms with Crippen LogP contribution in [0.15, 0.2) is 23.0 Å². The molecule has 2 N–H and O–H groups in total. The van der Waals surface area contributed by atoms with E-state index in [1.54, 1.807) is 0 Å². The molecule has 0 fully saturated rings. The molecule has 0 aliphatic carbocycles. The van der Waals surface area contributed by atoms with Gasteiger partial charge in [-0.2, -0.15) is 13.2 Å². The van der Waals surface area contributed by atoms with Crippen LogP contribution >= 0.6 is 23.2 Å². The Hall–Kier alpha value is -1.40. The molecule has 2 aromatic rings. The Morgan fingerprint density at radius 2 is 1.56 bits per heavy atom. The van der Waals surface area contributed by atoms with Crippen LogP contribution in [-0.2, 0) is 6.18 Å². The van der Waals surface area contributed by atoms with Crippen molar-refractivity contribution >= 4 is 23.2 Å². The van der Waals surface area contributed by atoms with Crippen LogP contribution in [0, 0.1) is 0 Å². The number of aromatic amines is 2. The van der Waals surface area contributed by atoms with E-state index in [0.717, 1.165) is 18.2 Å². The maximum absolute atomic E-state index is 12.5. The number of halogens is 5. The molecular weight excluding hydrogens is 292 g/mol. The Morgan fingerprint density at radius 1 is 1.00 bits per heavy atom. The summed E-state index contributed by atoms with van der Waals surface area (Å²) in [6.07, 6.45) is -4.53. The van der Waals surface area contributed by atoms with Gasteiger partial charge in [0.2, 0.25) is 0 Å². The second-order valence-corrected chi connectivity index (χ2v) is 4.30. The third kappa shape index (κ3) is 2.39. The molecule has 0 atom stereocenters. The number of aromatic nitrogens is 2. The van der Waals surface area contributed by atoms with E-state index in [4.69, 9.17) is 23.2 Å². The van der Waals surface area contributed by atoms with Gasteiger partial charge in [0.1, 0.15) is 0 Å². The predicted molar refractivity (Wildman–Crippen MR) is 61.9 cm³/mol. The number of hydrogen-bond donors (Lipinski definition) is 2. The fraction of sp³-hybridized carbons (Fsp3) is 0.100. The van der Waals surface area contributed by atoms with Crippen molar-refractivity contribution < 1.29 is 13.2 Å². The van der Waals surface area contributed by atoms with E-state index >= 15 is 0 Å². The van der Waals surface area contributed by atoms with Crippen molar-refractivity contribution in [1.29, 1.82) is 0 Å². The van der Waals surface area contributed by atoms with Crippen LogP contribution in [0.5, 0.6) is 0 Å². The van der Waals surface area contributed by atoms with Crippen molar-refractivity contribution in [1.82, 2.24) is 10.2 Å². The first kappa shape index (κ1) is 13.0. The zero-order valence-electron chi connectivity index (χ0n) is 8.53. The molecule has 0 bridgehead atoms. The monoisotopic (exact) mass is 296 g/mol. The van der Waals surface area contributed by atoms with Crippen molar-refractivity contribution in [2.24, 2.45) is 0 Å². The average molecular weight is 297 g/mol. The highest BCUT2D eigenvalue weighted by atomic mass is 35.5. The molecule has 0 saturated carbocycles. The topological polar surface area (TPSA) is 48.6 Å². The van der Waals surface area contributed by atoms with Crippen LogP contribution in [-0.4, -0.2) is 10.2 Å². The van der Waals surface area contributed by atoms with Gasteiger partial charge in [0.15, 0.2) is 0 Å². The molecule has 2 rings (SSSR count). The van der Waals surface area contributed by atoms with E-state index in [-0.39, 0.29) is 21.3 Å². The van der Waals surface area contributed by atoms with E-state index in [2.05, 4.69) is 10.2 Å². The first-order chi connectivity index (χ1) is 8.29. The molecule has 0 amide bonds. The smallest absolute Gasteiger partial charge is 0.297 e. The summed E-state index contributed by atoms with van der Waals surface area (Å²) in [7, 11) is 0. The molecule has 3 nitrogen and oxygen atoms in total. The third-order valence-corrected chi connectivity index (χ3v) is 2.83. The molecule has 1 aromatic heterocycles. The van der Waals surface area contributed by atoms with Crippen molar-refractivity contribution in [2.45, 2.75) is 6.18 Å². The van der Waals surface area contributed by atoms with Crippen LogP contribution in [0.25, 0.3) is 11.3 Å². The number of rotatable bonds is 1. The molecule has 1 aromatic carbocycles. The van der Waals surface area contributed by atoms with Gasteiger partial charge in [-0.05, 0) is 12.1 Å². The minimum atomic E-state index is -4.53. The van der Waals surface area contributed by atoms with Crippen LogP contribution in [0.4, 0.5) is 13.2 Å². The predicted octanol–water partition coefficient (Wildman–Crippen LogP) is 3.70. The fourth-order valence-corrected chi connectivity index (χ4v) is 2.15. The molecule has 0 spiro atoms. The minimum absolute atomic E-state index is 0.143. The second-order valence-electron chi connectivity index (χ2n) is 3.48. The summed E-state index contributed by atoms with van der Waals surface area (Å²) < 4.78 is 37.5. The normalized spacial score (nSPS) is 11.8. The Bertz CT molecular complexity index is 622. The van der Waals surface area contributed by atoms with Crippen molar-refractivity contribution in [3.63, 3.8) is 0 Å². The van der Waals surface area contributed by atoms with Crippen LogP contribution in [0.3, 0.4) is 0 Å². The molecule has 0 aliphatic heterocycles. The van der Waals surface area contributed by atoms with Crippen molar-refractivity contribution in [3.05, 3.63) is 44.2 Å². The molecule has 0 saturated heterocycles. The average Bonchev–Trinajstić information content (AvgIpc) is 2.62. The number of alkyl halides is 3. The maximum Gasteiger partial charge on any atom is 0.416 e. The highest BCUT2D eigenvalue weighted by molar-refractivity contribution is 6.39. The molecular formula is C10H5Cl2F3N2O. The largest absolute Gasteiger partial charge is 0.416 e. The van der Waals surface area contributed by atoms with E-state index in [1.807, 2.05) is 0 Å². The number of benzene rings is 1. The Balaban J connectivity index is 2.61. The first-order valence-corrected chi connectivity index (χ1v) is 5.39. The Labute approximate surface area is 109 Å². The lowest BCUT2D eigenvalue weighted by molar-refractivity contribution is -0.137. The van der Waals surface area contributed by atoms with Gasteiger partial charge in [-0.3, -0.25) is 15.0 Å². The lowest BCUT2D eigenvalue weighted by Gasteiger charge is -2.11. The SMILES string of the molecule is O=c1cc(-c2c(Cl)cc(C(F)(F)F)cc2Cl)[nH][nH]1. The molecule has 8 heteroatoms. The van der Waals surface area contributed by atoms with Crippen molar-refractivity contribution in [3.8, 4) is 11.3 Å². The Kier molecular flexibility index (Phi) is 3.16. The summed E-state index contributed by atoms with van der Waals surface area (Å²) in [6, 6.07) is 2.67. The summed E-state index contributed by atoms with van der Waals surface area (Å²) in [5, 5.41) is 4.34. The lowest BCUT2D eigenvalue weighted by atomic mass is 10.1. The molecule has 1 heterocycles. The second kappa shape index (κ2) is 4.37. The lowest BCUT2D eigenvalue weighted by Crippen LogP contribution is -2.05. The quantitative estimate of drug-likeness (QED) is 0.828. The number of H-pyrrole nitrogens is 2. The maximum atomic E-state index is 12.5. The zero-order valence-corrected chi connectivity index (χ0v) is 10.0. The summed E-state index contributed by atoms with van der Waals surface area (Å²) in [5.74, 6) is 0. The van der Waals surface area contributed by atoms with Crippen LogP contribution in [0.2, 0.25) is 10.0 Å². The highest BCUT2D eigenvalue weighted by Gasteiger charge is 2.32. The van der Waals surface area contributed by atoms with Gasteiger partial charge in [-0.25, -0.2) is 0 Å². The molecule has 0 unspecified atom stereocenters. The Morgan fingerprint density at radius 3 is 1.94 bits per heavy atom. The van der Waals surface area contributed by atoms with Crippen LogP contribution < -0.4 is 5.56 Å². The summed E-state index contributed by atoms with van der Waals surface area (Å²) in [4.78, 5) is 11.0. The van der Waals surface area contributed by atoms with Gasteiger partial charge in [-0.15, -0.1) is 0 Å². The molecule has 0 aliphatic rings. The summed E-state index contributed by atoms with van der Waals surface area (Å²) in [5.41, 5.74) is -1.01. The van der Waals surface area contributed by atoms with Gasteiger partial charge < -0.3 is 0 Å². The van der Waals surface area contributed by atoms with Crippen LogP contribution in [0.1, 0.15) is 5.56 Å². The van der Waals surface area contributed by atoms with Gasteiger partial charge in [0, 0.05) is 11.6 Å². The first-order valence-electron chi connectivity index (χ1n) is 4.63. The van der Waals surface area contributed by atoms with E-state index in [9.17, 15) is 18.0 Å². The van der Waals surface area contributed by atoms with Gasteiger partial charge >= 0.3 is 6.18 Å². The number of hydrogen-bond acceptors (Lipinski definition) is 1. The van der Waals surface area contributed by atoms with Gasteiger partial charge in [0.05, 0.1) is 21.3 Å². The molecule has 18 heavy (non-hydrogen) atoms. The van der Waals surface area contributed by atoms with E-state index < -0.39 is 17.3 Å². The van der Waals surface area contributed by atoms with Gasteiger partial charge in [-0.1, -0.05) is 23.2 Å². The molecule has 96 valence electrons. The summed E-state index contributed by atoms with van der Waals surface area (Å²) in [6.45, 7) is 0. The fourth-order valence-electron chi connectivity index (χ4n) is 1.46. The number of nitrogens with one attached hydrogen (secondary N) is 2. The van der Waals surface area contributed by atoms with E-state index in [0.29, 0.717) is 0 Å². The van der Waals surface area contributed by atoms with Gasteiger partial charge in [0.25, 0.3) is 5.56 Å². The highest BCUT2D eigenvalue weighted by Crippen LogP contribution is 2.39. The standard InChI is InChI=1S/C10H5Cl2F3N2O/c11-5-1-4(10(13,14)15)2-6(12)9(5)7-3-8(18)17-16-7/h1-3H,(H2,16,17,18). The summed E-state index contributed by atoms with van der Waals surface area (Å²) >= 11 is 11.5. The molecule has 0 radical (unpaired) electrons. The zero-order chi connectivity index (χ0) is 13.5. The third-order valence-electron chi connectivity index (χ3n) is 2.23.